The van der Waals surface area contributed by atoms with Crippen LogP contribution in [0.4, 0.5) is 0 Å². The second kappa shape index (κ2) is 40.0. The number of allylic oxidation sites excluding steroid dienone is 13. The lowest BCUT2D eigenvalue weighted by Crippen LogP contribution is -2.34. The van der Waals surface area contributed by atoms with Crippen LogP contribution in [0.3, 0.4) is 0 Å². The second-order valence-corrected chi connectivity index (χ2v) is 15.7. The zero-order valence-corrected chi connectivity index (χ0v) is 36.8. The number of rotatable bonds is 39. The highest BCUT2D eigenvalue weighted by molar-refractivity contribution is 7.47. The Labute approximate surface area is 355 Å². The van der Waals surface area contributed by atoms with Crippen molar-refractivity contribution >= 4 is 25.7 Å². The summed E-state index contributed by atoms with van der Waals surface area (Å²) in [6.07, 6.45) is 45.5. The van der Waals surface area contributed by atoms with Crippen LogP contribution in [-0.2, 0) is 37.5 Å². The fourth-order valence-electron chi connectivity index (χ4n) is 5.29. The van der Waals surface area contributed by atoms with Gasteiger partial charge >= 0.3 is 25.7 Å². The Morgan fingerprint density at radius 1 is 0.627 bits per heavy atom. The monoisotopic (exact) mass is 850 g/mol. The van der Waals surface area contributed by atoms with Crippen molar-refractivity contribution in [3.05, 3.63) is 85.1 Å². The Morgan fingerprint density at radius 3 is 1.73 bits per heavy atom. The zero-order chi connectivity index (χ0) is 43.7. The number of carboxylic acids is 1. The highest BCUT2D eigenvalue weighted by Crippen LogP contribution is 2.43. The summed E-state index contributed by atoms with van der Waals surface area (Å²) < 4.78 is 32.5. The van der Waals surface area contributed by atoms with Crippen molar-refractivity contribution in [1.29, 1.82) is 0 Å². The number of esters is 2. The van der Waals surface area contributed by atoms with Crippen LogP contribution in [0.25, 0.3) is 0 Å². The number of hydrogen-bond acceptors (Lipinski definition) is 10. The van der Waals surface area contributed by atoms with E-state index in [9.17, 15) is 28.9 Å². The number of aliphatic carboxylic acids is 1. The number of aliphatic hydroxyl groups is 1. The molecule has 0 saturated heterocycles. The number of ether oxygens (including phenoxy) is 2. The smallest absolute Gasteiger partial charge is 0.472 e. The molecule has 0 aromatic carbocycles. The predicted octanol–water partition coefficient (Wildman–Crippen LogP) is 10.5. The number of carbonyl (C=O) groups is 3. The van der Waals surface area contributed by atoms with Gasteiger partial charge in [0.25, 0.3) is 0 Å². The first-order valence-corrected chi connectivity index (χ1v) is 23.2. The number of aliphatic hydroxyl groups excluding tert-OH is 1. The quantitative estimate of drug-likeness (QED) is 0.0151. The Morgan fingerprint density at radius 2 is 1.15 bits per heavy atom. The molecule has 4 atom stereocenters. The van der Waals surface area contributed by atoms with Gasteiger partial charge in [-0.1, -0.05) is 150 Å². The molecular weight excluding hydrogens is 773 g/mol. The van der Waals surface area contributed by atoms with Crippen molar-refractivity contribution < 1.29 is 52.6 Å². The van der Waals surface area contributed by atoms with Gasteiger partial charge in [0.1, 0.15) is 12.6 Å². The van der Waals surface area contributed by atoms with E-state index in [1.165, 1.54) is 38.5 Å². The molecule has 2 unspecified atom stereocenters. The first-order chi connectivity index (χ1) is 28.5. The van der Waals surface area contributed by atoms with Crippen molar-refractivity contribution in [3.63, 3.8) is 0 Å². The average molecular weight is 850 g/mol. The molecule has 0 radical (unpaired) electrons. The van der Waals surface area contributed by atoms with Crippen molar-refractivity contribution in [3.8, 4) is 0 Å². The lowest BCUT2D eigenvalue weighted by molar-refractivity contribution is -0.161. The standard InChI is InChI=1S/C46H76NO11P/c1-3-5-7-9-11-13-15-17-19-21-22-24-26-28-30-32-34-41(48)36-37-44(49)55-38-42(39-56-59(53,54)57-40-43(47)46(51)52)58-45(50)35-33-31-29-27-25-23-20-18-16-14-12-10-8-6-4-2/h5,7,11,13,17-20,22,24,28,30,32,34,41-43,48H,3-4,6,8-10,12,14-16,21,23,25-27,29,31,33,35-40,47H2,1-2H3,(H,51,52)(H,53,54)/b7-5-,13-11-,19-17-,20-18-,24-22-,30-28-,34-32-/t41?,42-,43+/m1/s1. The summed E-state index contributed by atoms with van der Waals surface area (Å²) in [5.41, 5.74) is 5.32. The number of nitrogens with two attached hydrogens (primary N) is 1. The van der Waals surface area contributed by atoms with Gasteiger partial charge < -0.3 is 30.3 Å². The summed E-state index contributed by atoms with van der Waals surface area (Å²) in [6.45, 7) is 2.41. The molecule has 59 heavy (non-hydrogen) atoms. The van der Waals surface area contributed by atoms with Crippen LogP contribution in [0.5, 0.6) is 0 Å². The first kappa shape index (κ1) is 55.6. The highest BCUT2D eigenvalue weighted by Gasteiger charge is 2.28. The summed E-state index contributed by atoms with van der Waals surface area (Å²) in [4.78, 5) is 46.0. The molecule has 0 heterocycles. The minimum Gasteiger partial charge on any atom is -0.480 e. The lowest BCUT2D eigenvalue weighted by atomic mass is 10.1. The zero-order valence-electron chi connectivity index (χ0n) is 35.9. The van der Waals surface area contributed by atoms with E-state index < -0.39 is 63.8 Å². The molecule has 336 valence electrons. The summed E-state index contributed by atoms with van der Waals surface area (Å²) in [5, 5.41) is 19.2. The molecule has 12 nitrogen and oxygen atoms in total. The molecule has 0 aliphatic carbocycles. The van der Waals surface area contributed by atoms with E-state index >= 15 is 0 Å². The van der Waals surface area contributed by atoms with E-state index in [0.29, 0.717) is 6.42 Å². The molecule has 0 aromatic heterocycles. The van der Waals surface area contributed by atoms with Gasteiger partial charge in [-0.15, -0.1) is 0 Å². The van der Waals surface area contributed by atoms with E-state index in [2.05, 4.69) is 79.1 Å². The number of phosphoric ester groups is 1. The minimum atomic E-state index is -4.78. The largest absolute Gasteiger partial charge is 0.480 e. The summed E-state index contributed by atoms with van der Waals surface area (Å²) >= 11 is 0. The summed E-state index contributed by atoms with van der Waals surface area (Å²) in [7, 11) is -4.78. The van der Waals surface area contributed by atoms with Crippen molar-refractivity contribution in [2.24, 2.45) is 5.73 Å². The maximum absolute atomic E-state index is 12.6. The molecule has 0 aliphatic heterocycles. The molecule has 5 N–H and O–H groups in total. The second-order valence-electron chi connectivity index (χ2n) is 14.3. The van der Waals surface area contributed by atoms with Crippen molar-refractivity contribution in [2.75, 3.05) is 19.8 Å². The van der Waals surface area contributed by atoms with Gasteiger partial charge in [0.15, 0.2) is 6.10 Å². The van der Waals surface area contributed by atoms with Crippen LogP contribution in [0.2, 0.25) is 0 Å². The van der Waals surface area contributed by atoms with Crippen LogP contribution >= 0.6 is 7.82 Å². The number of carboxylic acid groups (broad SMARTS) is 1. The van der Waals surface area contributed by atoms with Crippen LogP contribution in [0.1, 0.15) is 149 Å². The lowest BCUT2D eigenvalue weighted by Gasteiger charge is -2.20. The van der Waals surface area contributed by atoms with Gasteiger partial charge in [0.2, 0.25) is 0 Å². The topological polar surface area (TPSA) is 192 Å². The van der Waals surface area contributed by atoms with Gasteiger partial charge in [-0.2, -0.15) is 0 Å². The minimum absolute atomic E-state index is 0.0833. The SMILES string of the molecule is CC/C=C\C/C=C\C/C=C\C/C=C\C/C=C\C=C/C(O)CCC(=O)OC[C@H](COP(=O)(O)OC[C@H](N)C(=O)O)OC(=O)CCCCCCC/C=C\CCCCCCCC. The predicted molar refractivity (Wildman–Crippen MR) is 236 cm³/mol. The molecule has 0 saturated carbocycles. The van der Waals surface area contributed by atoms with E-state index in [0.717, 1.165) is 70.6 Å². The molecule has 0 amide bonds. The fourth-order valence-corrected chi connectivity index (χ4v) is 6.06. The number of carbonyl (C=O) groups excluding carboxylic acids is 2. The molecule has 0 rings (SSSR count). The third kappa shape index (κ3) is 39.8. The normalized spacial score (nSPS) is 15.1. The Balaban J connectivity index is 4.62. The maximum atomic E-state index is 12.6. The van der Waals surface area contributed by atoms with Crippen LogP contribution < -0.4 is 5.73 Å². The van der Waals surface area contributed by atoms with Crippen LogP contribution in [-0.4, -0.2) is 71.1 Å². The van der Waals surface area contributed by atoms with Gasteiger partial charge in [-0.25, -0.2) is 4.57 Å². The maximum Gasteiger partial charge on any atom is 0.472 e. The van der Waals surface area contributed by atoms with Crippen LogP contribution in [0.15, 0.2) is 85.1 Å². The Hall–Kier alpha value is -3.38. The molecular formula is C46H76NO11P. The van der Waals surface area contributed by atoms with Gasteiger partial charge in [0, 0.05) is 12.8 Å². The van der Waals surface area contributed by atoms with E-state index in [-0.39, 0.29) is 19.3 Å². The number of phosphoric acid groups is 1. The average Bonchev–Trinajstić information content (AvgIpc) is 3.21. The molecule has 0 bridgehead atoms. The van der Waals surface area contributed by atoms with Gasteiger partial charge in [0.05, 0.1) is 19.3 Å². The molecule has 13 heteroatoms. The summed E-state index contributed by atoms with van der Waals surface area (Å²) in [6, 6.07) is -1.56. The molecule has 0 aromatic rings. The third-order valence-electron chi connectivity index (χ3n) is 8.74. The fraction of sp³-hybridized carbons (Fsp3) is 0.630. The third-order valence-corrected chi connectivity index (χ3v) is 9.70. The van der Waals surface area contributed by atoms with Gasteiger partial charge in [-0.3, -0.25) is 23.4 Å². The van der Waals surface area contributed by atoms with E-state index in [4.69, 9.17) is 24.8 Å². The first-order valence-electron chi connectivity index (χ1n) is 21.7. The van der Waals surface area contributed by atoms with Gasteiger partial charge in [-0.05, 0) is 70.6 Å². The molecule has 0 fully saturated rings. The number of unbranched alkanes of at least 4 members (excludes halogenated alkanes) is 11. The van der Waals surface area contributed by atoms with Crippen molar-refractivity contribution in [2.45, 2.75) is 167 Å². The van der Waals surface area contributed by atoms with Crippen molar-refractivity contribution in [1.82, 2.24) is 0 Å². The Kier molecular flexibility index (Phi) is 37.8. The van der Waals surface area contributed by atoms with E-state index in [1.54, 1.807) is 12.2 Å². The molecule has 0 aliphatic rings. The Bertz CT molecular complexity index is 1340. The number of hydrogen-bond donors (Lipinski definition) is 4. The molecule has 0 spiro atoms. The van der Waals surface area contributed by atoms with Crippen LogP contribution in [0, 0.1) is 0 Å². The van der Waals surface area contributed by atoms with E-state index in [1.807, 2.05) is 12.2 Å². The summed E-state index contributed by atoms with van der Waals surface area (Å²) in [5.74, 6) is -2.71. The highest BCUT2D eigenvalue weighted by atomic mass is 31.2.